The number of carbonyl (C=O) groups is 2. The summed E-state index contributed by atoms with van der Waals surface area (Å²) < 4.78 is 4.97. The fraction of sp³-hybridized carbons (Fsp3) is 0.389. The molecular weight excluding hydrogens is 338 g/mol. The highest BCUT2D eigenvalue weighted by molar-refractivity contribution is 7.08. The molecule has 0 radical (unpaired) electrons. The summed E-state index contributed by atoms with van der Waals surface area (Å²) in [5.74, 6) is 0.552. The zero-order valence-corrected chi connectivity index (χ0v) is 15.0. The zero-order chi connectivity index (χ0) is 17.6. The summed E-state index contributed by atoms with van der Waals surface area (Å²) in [5, 5.41) is 3.81. The number of aromatic nitrogens is 1. The molecule has 7 heteroatoms. The van der Waals surface area contributed by atoms with Crippen LogP contribution in [0.2, 0.25) is 0 Å². The predicted molar refractivity (Wildman–Crippen MR) is 97.2 cm³/mol. The average molecular weight is 359 g/mol. The lowest BCUT2D eigenvalue weighted by atomic mass is 10.2. The van der Waals surface area contributed by atoms with E-state index in [4.69, 9.17) is 4.74 Å². The first kappa shape index (κ1) is 17.4. The smallest absolute Gasteiger partial charge is 0.339 e. The quantitative estimate of drug-likeness (QED) is 0.786. The van der Waals surface area contributed by atoms with Gasteiger partial charge in [-0.3, -0.25) is 4.79 Å². The van der Waals surface area contributed by atoms with Gasteiger partial charge in [-0.2, -0.15) is 11.3 Å². The molecule has 0 unspecified atom stereocenters. The van der Waals surface area contributed by atoms with Crippen molar-refractivity contribution in [3.8, 4) is 0 Å². The van der Waals surface area contributed by atoms with Gasteiger partial charge in [-0.25, -0.2) is 9.78 Å². The number of nitrogens with zero attached hydrogens (tertiary/aromatic N) is 3. The van der Waals surface area contributed by atoms with E-state index in [1.165, 1.54) is 11.3 Å². The topological polar surface area (TPSA) is 62.7 Å². The molecule has 1 fully saturated rings. The highest BCUT2D eigenvalue weighted by atomic mass is 32.1. The van der Waals surface area contributed by atoms with Crippen LogP contribution >= 0.6 is 11.3 Å². The Labute approximate surface area is 151 Å². The van der Waals surface area contributed by atoms with Gasteiger partial charge in [0.05, 0.1) is 17.7 Å². The minimum Gasteiger partial charge on any atom is -0.462 e. The number of anilines is 1. The van der Waals surface area contributed by atoms with Crippen LogP contribution in [0, 0.1) is 0 Å². The minimum atomic E-state index is -0.357. The number of carbonyl (C=O) groups excluding carboxylic acids is 2. The molecule has 2 aromatic heterocycles. The van der Waals surface area contributed by atoms with Crippen LogP contribution in [0.5, 0.6) is 0 Å². The molecule has 1 aliphatic heterocycles. The van der Waals surface area contributed by atoms with Crippen LogP contribution in [-0.4, -0.2) is 54.5 Å². The third-order valence-electron chi connectivity index (χ3n) is 4.13. The zero-order valence-electron chi connectivity index (χ0n) is 14.2. The Morgan fingerprint density at radius 1 is 1.16 bits per heavy atom. The molecule has 0 saturated carbocycles. The van der Waals surface area contributed by atoms with Gasteiger partial charge in [0.15, 0.2) is 0 Å². The summed E-state index contributed by atoms with van der Waals surface area (Å²) in [6.45, 7) is 5.09. The largest absolute Gasteiger partial charge is 0.462 e. The summed E-state index contributed by atoms with van der Waals surface area (Å²) in [6.07, 6.45) is 2.43. The summed E-state index contributed by atoms with van der Waals surface area (Å²) in [7, 11) is 0. The first-order valence-corrected chi connectivity index (χ1v) is 9.33. The first-order valence-electron chi connectivity index (χ1n) is 8.38. The summed E-state index contributed by atoms with van der Waals surface area (Å²) >= 11 is 1.54. The Balaban J connectivity index is 1.63. The summed E-state index contributed by atoms with van der Waals surface area (Å²) in [6, 6.07) is 5.44. The van der Waals surface area contributed by atoms with Gasteiger partial charge in [-0.15, -0.1) is 0 Å². The van der Waals surface area contributed by atoms with Gasteiger partial charge in [0.1, 0.15) is 5.82 Å². The average Bonchev–Trinajstić information content (AvgIpc) is 3.06. The van der Waals surface area contributed by atoms with E-state index in [1.54, 1.807) is 19.2 Å². The van der Waals surface area contributed by atoms with Crippen molar-refractivity contribution in [3.05, 3.63) is 46.3 Å². The maximum Gasteiger partial charge on any atom is 0.339 e. The number of esters is 1. The molecule has 0 N–H and O–H groups in total. The highest BCUT2D eigenvalue weighted by Crippen LogP contribution is 2.17. The van der Waals surface area contributed by atoms with Crippen molar-refractivity contribution < 1.29 is 14.3 Å². The molecule has 1 aliphatic rings. The number of hydrogen-bond donors (Lipinski definition) is 0. The van der Waals surface area contributed by atoms with Gasteiger partial charge >= 0.3 is 5.97 Å². The second-order valence-corrected chi connectivity index (χ2v) is 6.55. The molecule has 0 atom stereocenters. The van der Waals surface area contributed by atoms with Gasteiger partial charge < -0.3 is 14.5 Å². The SMILES string of the molecule is CCOC(=O)c1ccc(N2CCCN(C(=O)c3ccsc3)CC2)nc1. The van der Waals surface area contributed by atoms with Gasteiger partial charge in [-0.1, -0.05) is 0 Å². The predicted octanol–water partition coefficient (Wildman–Crippen LogP) is 2.67. The van der Waals surface area contributed by atoms with E-state index in [1.807, 2.05) is 27.8 Å². The first-order chi connectivity index (χ1) is 12.2. The molecule has 2 aromatic rings. The fourth-order valence-electron chi connectivity index (χ4n) is 2.83. The van der Waals surface area contributed by atoms with E-state index < -0.39 is 0 Å². The van der Waals surface area contributed by atoms with Crippen molar-refractivity contribution >= 4 is 29.0 Å². The van der Waals surface area contributed by atoms with E-state index in [2.05, 4.69) is 9.88 Å². The molecule has 0 spiro atoms. The molecule has 1 saturated heterocycles. The van der Waals surface area contributed by atoms with Gasteiger partial charge in [0.25, 0.3) is 5.91 Å². The van der Waals surface area contributed by atoms with Crippen LogP contribution in [0.4, 0.5) is 5.82 Å². The third-order valence-corrected chi connectivity index (χ3v) is 4.82. The Morgan fingerprint density at radius 3 is 2.72 bits per heavy atom. The van der Waals surface area contributed by atoms with Crippen molar-refractivity contribution in [1.29, 1.82) is 0 Å². The minimum absolute atomic E-state index is 0.0914. The lowest BCUT2D eigenvalue weighted by Crippen LogP contribution is -2.35. The number of amides is 1. The standard InChI is InChI=1S/C18H21N3O3S/c1-2-24-18(23)14-4-5-16(19-12-14)20-7-3-8-21(10-9-20)17(22)15-6-11-25-13-15/h4-6,11-13H,2-3,7-10H2,1H3. The van der Waals surface area contributed by atoms with Crippen molar-refractivity contribution in [2.75, 3.05) is 37.7 Å². The number of thiophene rings is 1. The molecule has 0 aliphatic carbocycles. The van der Waals surface area contributed by atoms with Crippen molar-refractivity contribution in [3.63, 3.8) is 0 Å². The number of pyridine rings is 1. The molecule has 132 valence electrons. The van der Waals surface area contributed by atoms with Crippen LogP contribution in [0.3, 0.4) is 0 Å². The molecular formula is C18H21N3O3S. The normalized spacial score (nSPS) is 14.9. The molecule has 1 amide bonds. The van der Waals surface area contributed by atoms with Crippen LogP contribution in [0.25, 0.3) is 0 Å². The van der Waals surface area contributed by atoms with E-state index in [9.17, 15) is 9.59 Å². The summed E-state index contributed by atoms with van der Waals surface area (Å²) in [4.78, 5) is 32.6. The second kappa shape index (κ2) is 8.11. The molecule has 0 aromatic carbocycles. The molecule has 3 rings (SSSR count). The van der Waals surface area contributed by atoms with E-state index in [0.717, 1.165) is 37.4 Å². The number of ether oxygens (including phenoxy) is 1. The summed E-state index contributed by atoms with van der Waals surface area (Å²) in [5.41, 5.74) is 1.21. The van der Waals surface area contributed by atoms with Crippen LogP contribution in [0.15, 0.2) is 35.2 Å². The highest BCUT2D eigenvalue weighted by Gasteiger charge is 2.21. The lowest BCUT2D eigenvalue weighted by molar-refractivity contribution is 0.0525. The van der Waals surface area contributed by atoms with Crippen molar-refractivity contribution in [2.24, 2.45) is 0 Å². The second-order valence-electron chi connectivity index (χ2n) is 5.77. The maximum atomic E-state index is 12.5. The van der Waals surface area contributed by atoms with Crippen molar-refractivity contribution in [2.45, 2.75) is 13.3 Å². The van der Waals surface area contributed by atoms with E-state index >= 15 is 0 Å². The monoisotopic (exact) mass is 359 g/mol. The molecule has 6 nitrogen and oxygen atoms in total. The lowest BCUT2D eigenvalue weighted by Gasteiger charge is -2.22. The third kappa shape index (κ3) is 4.17. The van der Waals surface area contributed by atoms with Gasteiger partial charge in [0.2, 0.25) is 0 Å². The fourth-order valence-corrected chi connectivity index (χ4v) is 3.46. The van der Waals surface area contributed by atoms with E-state index in [-0.39, 0.29) is 11.9 Å². The molecule has 25 heavy (non-hydrogen) atoms. The van der Waals surface area contributed by atoms with Gasteiger partial charge in [0, 0.05) is 37.8 Å². The Hall–Kier alpha value is -2.41. The Morgan fingerprint density at radius 2 is 2.04 bits per heavy atom. The van der Waals surface area contributed by atoms with Gasteiger partial charge in [-0.05, 0) is 36.9 Å². The van der Waals surface area contributed by atoms with Crippen LogP contribution < -0.4 is 4.90 Å². The van der Waals surface area contributed by atoms with E-state index in [0.29, 0.717) is 18.7 Å². The number of rotatable bonds is 4. The Kier molecular flexibility index (Phi) is 5.65. The number of hydrogen-bond acceptors (Lipinski definition) is 6. The maximum absolute atomic E-state index is 12.5. The molecule has 3 heterocycles. The van der Waals surface area contributed by atoms with Crippen LogP contribution in [-0.2, 0) is 4.74 Å². The van der Waals surface area contributed by atoms with Crippen molar-refractivity contribution in [1.82, 2.24) is 9.88 Å². The van der Waals surface area contributed by atoms with Crippen LogP contribution in [0.1, 0.15) is 34.1 Å². The molecule has 0 bridgehead atoms. The Bertz CT molecular complexity index is 716.